The molecule has 0 radical (unpaired) electrons. The first-order valence-electron chi connectivity index (χ1n) is 0.647. The van der Waals surface area contributed by atoms with Crippen LogP contribution in [0, 0.1) is 0 Å². The molecule has 0 heterocycles. The van der Waals surface area contributed by atoms with Crippen molar-refractivity contribution in [2.75, 3.05) is 0 Å². The van der Waals surface area contributed by atoms with Gasteiger partial charge < -0.3 is 0 Å². The van der Waals surface area contributed by atoms with Crippen LogP contribution in [0.4, 0.5) is 0 Å². The Morgan fingerprint density at radius 2 is 1.14 bits per heavy atom. The molecule has 39 valence electrons. The monoisotopic (exact) mass is 155 g/mol. The van der Waals surface area contributed by atoms with Gasteiger partial charge in [0.2, 0.25) is 0 Å². The van der Waals surface area contributed by atoms with Crippen LogP contribution in [0.1, 0.15) is 0 Å². The Labute approximate surface area is 70.9 Å². The Morgan fingerprint density at radius 1 is 1.14 bits per heavy atom. The molecule has 0 amide bonds. The molecule has 0 saturated carbocycles. The molecule has 7 heavy (non-hydrogen) atoms. The molecular weight excluding hydrogens is 150 g/mol. The van der Waals surface area contributed by atoms with E-state index in [1.165, 1.54) is 0 Å². The minimum absolute atomic E-state index is 0. The molecule has 0 spiro atoms. The van der Waals surface area contributed by atoms with Crippen LogP contribution in [0.15, 0.2) is 0 Å². The normalized spacial score (nSPS) is 8.29. The molecule has 0 fully saturated rings. The van der Waals surface area contributed by atoms with Crippen LogP contribution in [-0.4, -0.2) is 50.3 Å². The van der Waals surface area contributed by atoms with Crippen molar-refractivity contribution >= 4 is 41.9 Å². The quantitative estimate of drug-likeness (QED) is 0.368. The first kappa shape index (κ1) is 15.8. The summed E-state index contributed by atoms with van der Waals surface area (Å²) in [5, 5.41) is 0. The second kappa shape index (κ2) is 5.54. The van der Waals surface area contributed by atoms with Crippen LogP contribution in [0.5, 0.6) is 0 Å². The van der Waals surface area contributed by atoms with E-state index in [9.17, 15) is 0 Å². The summed E-state index contributed by atoms with van der Waals surface area (Å²) in [7, 11) is 0. The molecular formula is H5LiMgMnO4. The Bertz CT molecular complexity index is 94.9. The van der Waals surface area contributed by atoms with Crippen LogP contribution < -0.4 is 0 Å². The van der Waals surface area contributed by atoms with Crippen LogP contribution in [0.2, 0.25) is 0 Å². The zero-order valence-corrected chi connectivity index (χ0v) is 3.27. The average molecular weight is 155 g/mol. The zero-order chi connectivity index (χ0) is 4.50. The van der Waals surface area contributed by atoms with Crippen molar-refractivity contribution in [3.63, 3.8) is 0 Å². The molecule has 0 rings (SSSR count). The molecule has 0 aromatic heterocycles. The van der Waals surface area contributed by atoms with Gasteiger partial charge in [0.15, 0.2) is 0 Å². The van der Waals surface area contributed by atoms with E-state index in [-0.39, 0.29) is 41.9 Å². The van der Waals surface area contributed by atoms with Gasteiger partial charge in [0.25, 0.3) is 0 Å². The van der Waals surface area contributed by atoms with Crippen molar-refractivity contribution < 1.29 is 29.4 Å². The van der Waals surface area contributed by atoms with Crippen molar-refractivity contribution in [2.24, 2.45) is 0 Å². The number of rotatable bonds is 0. The topological polar surface area (TPSA) is 74.6 Å². The van der Waals surface area contributed by atoms with E-state index >= 15 is 0 Å². The van der Waals surface area contributed by atoms with E-state index in [1.54, 1.807) is 0 Å². The molecule has 0 aromatic carbocycles. The van der Waals surface area contributed by atoms with Crippen molar-refractivity contribution in [3.8, 4) is 0 Å². The summed E-state index contributed by atoms with van der Waals surface area (Å²) in [5.74, 6) is 0. The molecule has 7 heteroatoms. The third-order valence-electron chi connectivity index (χ3n) is 0. The fourth-order valence-electron chi connectivity index (χ4n) is 0. The fraction of sp³-hybridized carbons (Fsp3) is 0. The molecule has 0 aromatic rings. The predicted molar refractivity (Wildman–Crippen MR) is 21.5 cm³/mol. The van der Waals surface area contributed by atoms with Crippen molar-refractivity contribution in [3.05, 3.63) is 0 Å². The van der Waals surface area contributed by atoms with Crippen LogP contribution in [-0.2, 0) is 21.0 Å². The Morgan fingerprint density at radius 3 is 1.14 bits per heavy atom. The number of hydrogen-bond donors (Lipinski definition) is 2. The summed E-state index contributed by atoms with van der Waals surface area (Å²) in [6, 6.07) is 0. The first-order chi connectivity index (χ1) is 2.00. The van der Waals surface area contributed by atoms with Crippen LogP contribution in [0.3, 0.4) is 0 Å². The summed E-state index contributed by atoms with van der Waals surface area (Å²) >= 11 is -5.12. The molecule has 0 aliphatic heterocycles. The first-order valence-corrected chi connectivity index (χ1v) is 2.67. The van der Waals surface area contributed by atoms with Crippen LogP contribution >= 0.6 is 0 Å². The molecule has 0 bridgehead atoms. The number of hydrogen-bond acceptors (Lipinski definition) is 2. The van der Waals surface area contributed by atoms with Gasteiger partial charge in [-0.15, -0.1) is 0 Å². The predicted octanol–water partition coefficient (Wildman–Crippen LogP) is -2.92. The van der Waals surface area contributed by atoms with Gasteiger partial charge in [-0.1, -0.05) is 0 Å². The molecule has 0 aliphatic rings. The Hall–Kier alpha value is 1.40. The summed E-state index contributed by atoms with van der Waals surface area (Å²) in [6.45, 7) is 0. The van der Waals surface area contributed by atoms with E-state index in [1.807, 2.05) is 0 Å². The van der Waals surface area contributed by atoms with Gasteiger partial charge in [0.05, 0.1) is 0 Å². The zero-order valence-electron chi connectivity index (χ0n) is 2.09. The van der Waals surface area contributed by atoms with Gasteiger partial charge >= 0.3 is 71.3 Å². The maximum absolute atomic E-state index is 8.80. The van der Waals surface area contributed by atoms with Gasteiger partial charge in [-0.05, 0) is 0 Å². The molecule has 4 nitrogen and oxygen atoms in total. The second-order valence-electron chi connectivity index (χ2n) is 0.415. The third-order valence-corrected chi connectivity index (χ3v) is 0. The molecule has 0 atom stereocenters. The van der Waals surface area contributed by atoms with E-state index < -0.39 is 13.4 Å². The molecule has 0 aliphatic carbocycles. The maximum atomic E-state index is 8.80. The van der Waals surface area contributed by atoms with E-state index in [0.717, 1.165) is 0 Å². The summed E-state index contributed by atoms with van der Waals surface area (Å²) in [6.07, 6.45) is 0. The average Bonchev–Trinajstić information content (AvgIpc) is 0.722. The Balaban J connectivity index is -0.0000000800. The Kier molecular flexibility index (Phi) is 12.5. The van der Waals surface area contributed by atoms with Gasteiger partial charge in [0, 0.05) is 0 Å². The summed E-state index contributed by atoms with van der Waals surface area (Å²) in [5.41, 5.74) is 0. The van der Waals surface area contributed by atoms with E-state index in [2.05, 4.69) is 0 Å². The van der Waals surface area contributed by atoms with Crippen LogP contribution in [0.25, 0.3) is 0 Å². The van der Waals surface area contributed by atoms with Gasteiger partial charge in [0.1, 0.15) is 0 Å². The summed E-state index contributed by atoms with van der Waals surface area (Å²) in [4.78, 5) is 0. The summed E-state index contributed by atoms with van der Waals surface area (Å²) < 4.78 is 31.8. The second-order valence-corrected chi connectivity index (χ2v) is 1.71. The van der Waals surface area contributed by atoms with E-state index in [4.69, 9.17) is 16.0 Å². The molecule has 2 N–H and O–H groups in total. The van der Waals surface area contributed by atoms with Gasteiger partial charge in [-0.2, -0.15) is 0 Å². The van der Waals surface area contributed by atoms with E-state index in [0.29, 0.717) is 0 Å². The minimum atomic E-state index is -5.12. The van der Waals surface area contributed by atoms with Crippen molar-refractivity contribution in [1.82, 2.24) is 0 Å². The molecule has 0 unspecified atom stereocenters. The third kappa shape index (κ3) is 110. The SMILES string of the molecule is [LiH].[MgH2].[O]=[Mn](=[O])([OH])[OH]. The fourth-order valence-corrected chi connectivity index (χ4v) is 0. The standard InChI is InChI=1S/Li.Mg.Mn.2H2O.2O.3H/h;;;2*1H2;;;;;/q;;+2;;;;;;;/p-2. The van der Waals surface area contributed by atoms with Gasteiger partial charge in [-0.25, -0.2) is 0 Å². The van der Waals surface area contributed by atoms with Gasteiger partial charge in [-0.3, -0.25) is 0 Å². The van der Waals surface area contributed by atoms with Crippen molar-refractivity contribution in [1.29, 1.82) is 0 Å². The van der Waals surface area contributed by atoms with Crippen molar-refractivity contribution in [2.45, 2.75) is 0 Å². The molecule has 0 saturated heterocycles.